The van der Waals surface area contributed by atoms with Gasteiger partial charge >= 0.3 is 0 Å². The summed E-state index contributed by atoms with van der Waals surface area (Å²) in [6.45, 7) is 2.13. The van der Waals surface area contributed by atoms with E-state index in [1.807, 2.05) is 12.3 Å². The fourth-order valence-corrected chi connectivity index (χ4v) is 5.40. The molecule has 5 heteroatoms. The number of nitrogens with zero attached hydrogens (tertiary/aromatic N) is 3. The number of rotatable bonds is 4. The van der Waals surface area contributed by atoms with Gasteiger partial charge in [0.25, 0.3) is 0 Å². The number of hydrogen-bond acceptors (Lipinski definition) is 2. The lowest BCUT2D eigenvalue weighted by Crippen LogP contribution is -2.40. The smallest absolute Gasteiger partial charge is 0.170 e. The molecular weight excluding hydrogens is 388 g/mol. The monoisotopic (exact) mass is 416 g/mol. The van der Waals surface area contributed by atoms with Crippen LogP contribution in [0.5, 0.6) is 0 Å². The van der Waals surface area contributed by atoms with Gasteiger partial charge in [0.2, 0.25) is 0 Å². The molecule has 0 spiro atoms. The maximum absolute atomic E-state index is 5.90. The average molecular weight is 417 g/mol. The van der Waals surface area contributed by atoms with Gasteiger partial charge in [-0.15, -0.1) is 0 Å². The van der Waals surface area contributed by atoms with Gasteiger partial charge in [0, 0.05) is 29.8 Å². The molecule has 1 aliphatic carbocycles. The highest BCUT2D eigenvalue weighted by Gasteiger charge is 2.44. The Balaban J connectivity index is 1.60. The molecule has 0 radical (unpaired) electrons. The number of aryl methyl sites for hydroxylation is 1. The van der Waals surface area contributed by atoms with Crippen molar-refractivity contribution in [3.63, 3.8) is 0 Å². The van der Waals surface area contributed by atoms with Gasteiger partial charge in [-0.25, -0.2) is 0 Å². The minimum absolute atomic E-state index is 0.0414. The lowest BCUT2D eigenvalue weighted by atomic mass is 9.92. The van der Waals surface area contributed by atoms with Crippen molar-refractivity contribution in [1.82, 2.24) is 19.8 Å². The van der Waals surface area contributed by atoms with Crippen molar-refractivity contribution in [2.75, 3.05) is 0 Å². The number of nitrogens with one attached hydrogen (secondary N) is 1. The molecule has 2 fully saturated rings. The summed E-state index contributed by atoms with van der Waals surface area (Å²) in [5.41, 5.74) is 4.75. The van der Waals surface area contributed by atoms with Gasteiger partial charge in [0.15, 0.2) is 5.11 Å². The quantitative estimate of drug-likeness (QED) is 0.571. The van der Waals surface area contributed by atoms with Gasteiger partial charge < -0.3 is 14.8 Å². The largest absolute Gasteiger partial charge is 0.352 e. The van der Waals surface area contributed by atoms with E-state index in [-0.39, 0.29) is 12.1 Å². The van der Waals surface area contributed by atoms with Gasteiger partial charge in [0.1, 0.15) is 0 Å². The topological polar surface area (TPSA) is 33.1 Å². The van der Waals surface area contributed by atoms with Crippen LogP contribution in [0.2, 0.25) is 0 Å². The average Bonchev–Trinajstić information content (AvgIpc) is 3.40. The van der Waals surface area contributed by atoms with E-state index < -0.39 is 0 Å². The zero-order valence-corrected chi connectivity index (χ0v) is 18.2. The second kappa shape index (κ2) is 8.23. The summed E-state index contributed by atoms with van der Waals surface area (Å²) in [4.78, 5) is 7.17. The number of pyridine rings is 1. The molecular formula is C25H28N4S. The number of thiocarbonyl (C=S) groups is 1. The molecule has 2 aliphatic rings. The third kappa shape index (κ3) is 3.52. The maximum Gasteiger partial charge on any atom is 0.170 e. The van der Waals surface area contributed by atoms with Crippen molar-refractivity contribution in [1.29, 1.82) is 0 Å². The highest BCUT2D eigenvalue weighted by atomic mass is 32.1. The van der Waals surface area contributed by atoms with Crippen LogP contribution in [0.4, 0.5) is 0 Å². The predicted molar refractivity (Wildman–Crippen MR) is 125 cm³/mol. The molecule has 0 amide bonds. The summed E-state index contributed by atoms with van der Waals surface area (Å²) in [6, 6.07) is 19.9. The van der Waals surface area contributed by atoms with Crippen LogP contribution in [0, 0.1) is 6.92 Å². The van der Waals surface area contributed by atoms with Crippen LogP contribution in [0.1, 0.15) is 61.1 Å². The summed E-state index contributed by atoms with van der Waals surface area (Å²) in [5, 5.41) is 4.49. The van der Waals surface area contributed by atoms with Crippen LogP contribution >= 0.6 is 12.2 Å². The van der Waals surface area contributed by atoms with Gasteiger partial charge in [-0.1, -0.05) is 43.0 Å². The summed E-state index contributed by atoms with van der Waals surface area (Å²) < 4.78 is 2.31. The van der Waals surface area contributed by atoms with Gasteiger partial charge in [0.05, 0.1) is 17.8 Å². The molecule has 1 saturated carbocycles. The summed E-state index contributed by atoms with van der Waals surface area (Å²) in [7, 11) is 0. The molecule has 1 N–H and O–H groups in total. The van der Waals surface area contributed by atoms with E-state index in [2.05, 4.69) is 76.4 Å². The third-order valence-electron chi connectivity index (χ3n) is 6.50. The summed E-state index contributed by atoms with van der Waals surface area (Å²) in [6.07, 6.45) is 10.3. The second-order valence-corrected chi connectivity index (χ2v) is 8.85. The fourth-order valence-electron chi connectivity index (χ4n) is 5.01. The van der Waals surface area contributed by atoms with E-state index in [0.717, 1.165) is 10.8 Å². The molecule has 2 aromatic heterocycles. The predicted octanol–water partition coefficient (Wildman–Crippen LogP) is 5.49. The normalized spacial score (nSPS) is 22.3. The summed E-state index contributed by atoms with van der Waals surface area (Å²) >= 11 is 5.90. The molecule has 0 bridgehead atoms. The lowest BCUT2D eigenvalue weighted by molar-refractivity contribution is 0.193. The van der Waals surface area contributed by atoms with E-state index in [0.29, 0.717) is 6.04 Å². The van der Waals surface area contributed by atoms with E-state index in [9.17, 15) is 0 Å². The molecule has 3 aromatic rings. The van der Waals surface area contributed by atoms with Crippen LogP contribution in [-0.2, 0) is 0 Å². The Hall–Kier alpha value is -2.66. The third-order valence-corrected chi connectivity index (χ3v) is 6.83. The molecule has 5 rings (SSSR count). The Morgan fingerprint density at radius 2 is 1.77 bits per heavy atom. The Kier molecular flexibility index (Phi) is 5.30. The molecule has 1 aromatic carbocycles. The summed E-state index contributed by atoms with van der Waals surface area (Å²) in [5.74, 6) is 0. The van der Waals surface area contributed by atoms with Gasteiger partial charge in [-0.2, -0.15) is 0 Å². The molecule has 4 nitrogen and oxygen atoms in total. The first-order valence-electron chi connectivity index (χ1n) is 11.0. The highest BCUT2D eigenvalue weighted by Crippen LogP contribution is 2.43. The molecule has 1 saturated heterocycles. The van der Waals surface area contributed by atoms with Crippen LogP contribution in [-0.4, -0.2) is 25.6 Å². The second-order valence-electron chi connectivity index (χ2n) is 8.46. The van der Waals surface area contributed by atoms with Gasteiger partial charge in [-0.3, -0.25) is 4.98 Å². The zero-order chi connectivity index (χ0) is 20.5. The number of hydrogen-bond donors (Lipinski definition) is 1. The van der Waals surface area contributed by atoms with Crippen molar-refractivity contribution < 1.29 is 0 Å². The standard InChI is InChI=1S/C25H28N4S/c1-18-12-14-19(15-13-18)28-17-7-11-22(28)24-23(21-10-5-6-16-26-21)27-25(30)29(24)20-8-3-2-4-9-20/h5-7,10-17,20,23-24H,2-4,8-9H2,1H3,(H,27,30)/t23-,24-/m1/s1. The molecule has 1 aliphatic heterocycles. The van der Waals surface area contributed by atoms with Gasteiger partial charge in [-0.05, 0) is 68.4 Å². The highest BCUT2D eigenvalue weighted by molar-refractivity contribution is 7.80. The maximum atomic E-state index is 5.90. The van der Waals surface area contributed by atoms with E-state index in [1.54, 1.807) is 0 Å². The molecule has 154 valence electrons. The molecule has 3 heterocycles. The first-order valence-corrected chi connectivity index (χ1v) is 11.4. The molecule has 0 unspecified atom stereocenters. The number of benzene rings is 1. The minimum atomic E-state index is 0.0414. The van der Waals surface area contributed by atoms with Crippen molar-refractivity contribution in [2.45, 2.75) is 57.2 Å². The van der Waals surface area contributed by atoms with Crippen molar-refractivity contribution in [3.8, 4) is 5.69 Å². The van der Waals surface area contributed by atoms with E-state index >= 15 is 0 Å². The molecule has 2 atom stereocenters. The zero-order valence-electron chi connectivity index (χ0n) is 17.4. The van der Waals surface area contributed by atoms with Crippen molar-refractivity contribution in [2.24, 2.45) is 0 Å². The number of aromatic nitrogens is 2. The Morgan fingerprint density at radius 1 is 0.967 bits per heavy atom. The van der Waals surface area contributed by atoms with Crippen LogP contribution in [0.25, 0.3) is 5.69 Å². The molecule has 30 heavy (non-hydrogen) atoms. The SMILES string of the molecule is Cc1ccc(-n2cccc2[C@@H]2[C@@H](c3ccccn3)NC(=S)N2C2CCCCC2)cc1. The van der Waals surface area contributed by atoms with E-state index in [1.165, 1.54) is 49.0 Å². The first kappa shape index (κ1) is 19.3. The first-order chi connectivity index (χ1) is 14.7. The van der Waals surface area contributed by atoms with Crippen LogP contribution in [0.3, 0.4) is 0 Å². The van der Waals surface area contributed by atoms with Crippen LogP contribution < -0.4 is 5.32 Å². The van der Waals surface area contributed by atoms with Crippen molar-refractivity contribution >= 4 is 17.3 Å². The lowest BCUT2D eigenvalue weighted by Gasteiger charge is -2.37. The Morgan fingerprint density at radius 3 is 2.50 bits per heavy atom. The Bertz CT molecular complexity index is 1010. The van der Waals surface area contributed by atoms with Crippen LogP contribution in [0.15, 0.2) is 67.0 Å². The Labute approximate surface area is 183 Å². The van der Waals surface area contributed by atoms with E-state index in [4.69, 9.17) is 17.2 Å². The minimum Gasteiger partial charge on any atom is -0.352 e. The fraction of sp³-hybridized carbons (Fsp3) is 0.360. The van der Waals surface area contributed by atoms with Crippen molar-refractivity contribution in [3.05, 3.63) is 83.9 Å².